The van der Waals surface area contributed by atoms with Crippen LogP contribution in [0.3, 0.4) is 0 Å². The highest BCUT2D eigenvalue weighted by Crippen LogP contribution is 2.21. The molecule has 1 aromatic rings. The summed E-state index contributed by atoms with van der Waals surface area (Å²) in [5.41, 5.74) is 0.880. The van der Waals surface area contributed by atoms with E-state index in [2.05, 4.69) is 6.58 Å². The number of aryl methyl sites for hydroxylation is 1. The summed E-state index contributed by atoms with van der Waals surface area (Å²) < 4.78 is 5.28. The molecule has 80 valence electrons. The van der Waals surface area contributed by atoms with Crippen LogP contribution in [0.1, 0.15) is 5.56 Å². The van der Waals surface area contributed by atoms with Gasteiger partial charge < -0.3 is 9.84 Å². The zero-order valence-corrected chi connectivity index (χ0v) is 9.04. The third-order valence-corrected chi connectivity index (χ3v) is 2.08. The molecule has 0 amide bonds. The molecular formula is C11H11ClO3. The van der Waals surface area contributed by atoms with Gasteiger partial charge in [-0.25, -0.2) is 4.79 Å². The van der Waals surface area contributed by atoms with E-state index >= 15 is 0 Å². The first-order valence-corrected chi connectivity index (χ1v) is 4.68. The van der Waals surface area contributed by atoms with E-state index in [0.717, 1.165) is 5.56 Å². The molecule has 0 bridgehead atoms. The van der Waals surface area contributed by atoms with Crippen LogP contribution >= 0.6 is 11.6 Å². The van der Waals surface area contributed by atoms with Gasteiger partial charge in [-0.1, -0.05) is 18.2 Å². The van der Waals surface area contributed by atoms with Crippen molar-refractivity contribution in [1.29, 1.82) is 0 Å². The van der Waals surface area contributed by atoms with Crippen molar-refractivity contribution in [3.63, 3.8) is 0 Å². The molecule has 0 fully saturated rings. The molecular weight excluding hydrogens is 216 g/mol. The van der Waals surface area contributed by atoms with Crippen LogP contribution in [0.15, 0.2) is 30.4 Å². The Bertz CT molecular complexity index is 399. The van der Waals surface area contributed by atoms with Crippen LogP contribution in [0.2, 0.25) is 5.02 Å². The van der Waals surface area contributed by atoms with Crippen molar-refractivity contribution in [2.24, 2.45) is 0 Å². The molecule has 0 aliphatic carbocycles. The fourth-order valence-electron chi connectivity index (χ4n) is 1.00. The Labute approximate surface area is 92.9 Å². The Morgan fingerprint density at radius 1 is 1.60 bits per heavy atom. The maximum absolute atomic E-state index is 10.5. The van der Waals surface area contributed by atoms with E-state index in [-0.39, 0.29) is 12.2 Å². The number of carboxylic acid groups (broad SMARTS) is 1. The van der Waals surface area contributed by atoms with Gasteiger partial charge in [-0.3, -0.25) is 0 Å². The minimum atomic E-state index is -1.05. The third-order valence-electron chi connectivity index (χ3n) is 1.84. The summed E-state index contributed by atoms with van der Waals surface area (Å²) in [6.07, 6.45) is 0. The highest BCUT2D eigenvalue weighted by atomic mass is 35.5. The first-order valence-electron chi connectivity index (χ1n) is 4.30. The number of rotatable bonds is 4. The Morgan fingerprint density at radius 2 is 2.27 bits per heavy atom. The van der Waals surface area contributed by atoms with E-state index in [1.54, 1.807) is 18.2 Å². The molecule has 0 aliphatic heterocycles. The second-order valence-corrected chi connectivity index (χ2v) is 3.54. The fraction of sp³-hybridized carbons (Fsp3) is 0.182. The molecule has 0 heterocycles. The van der Waals surface area contributed by atoms with Gasteiger partial charge in [0.2, 0.25) is 0 Å². The minimum absolute atomic E-state index is 0.0179. The Morgan fingerprint density at radius 3 is 2.80 bits per heavy atom. The molecule has 3 nitrogen and oxygen atoms in total. The zero-order valence-electron chi connectivity index (χ0n) is 8.29. The first kappa shape index (κ1) is 11.6. The molecule has 4 heteroatoms. The Kier molecular flexibility index (Phi) is 3.74. The SMILES string of the molecule is C=C(COc1ccc(Cl)cc1C)C(=O)O. The lowest BCUT2D eigenvalue weighted by atomic mass is 10.2. The van der Waals surface area contributed by atoms with Gasteiger partial charge in [-0.05, 0) is 30.7 Å². The standard InChI is InChI=1S/C11H11ClO3/c1-7-5-9(12)3-4-10(7)15-6-8(2)11(13)14/h3-5H,2,6H2,1H3,(H,13,14). The van der Waals surface area contributed by atoms with Crippen LogP contribution in [0, 0.1) is 6.92 Å². The Balaban J connectivity index is 2.66. The van der Waals surface area contributed by atoms with Crippen LogP contribution in [0.25, 0.3) is 0 Å². The maximum atomic E-state index is 10.5. The maximum Gasteiger partial charge on any atom is 0.334 e. The second kappa shape index (κ2) is 4.84. The molecule has 0 saturated carbocycles. The van der Waals surface area contributed by atoms with Crippen molar-refractivity contribution in [2.45, 2.75) is 6.92 Å². The predicted molar refractivity (Wildman–Crippen MR) is 58.5 cm³/mol. The average Bonchev–Trinajstić information content (AvgIpc) is 2.15. The van der Waals surface area contributed by atoms with Gasteiger partial charge in [0.05, 0.1) is 5.57 Å². The second-order valence-electron chi connectivity index (χ2n) is 3.11. The predicted octanol–water partition coefficient (Wildman–Crippen LogP) is 2.67. The van der Waals surface area contributed by atoms with Crippen LogP contribution in [-0.4, -0.2) is 17.7 Å². The molecule has 1 aromatic carbocycles. The molecule has 1 rings (SSSR count). The van der Waals surface area contributed by atoms with Crippen molar-refractivity contribution in [1.82, 2.24) is 0 Å². The number of benzene rings is 1. The molecule has 0 unspecified atom stereocenters. The van der Waals surface area contributed by atoms with Crippen molar-refractivity contribution in [3.8, 4) is 5.75 Å². The molecule has 0 atom stereocenters. The van der Waals surface area contributed by atoms with Gasteiger partial charge in [-0.2, -0.15) is 0 Å². The summed E-state index contributed by atoms with van der Waals surface area (Å²) in [5.74, 6) is -0.441. The number of aliphatic carboxylic acids is 1. The number of carboxylic acids is 1. The number of ether oxygens (including phenoxy) is 1. The highest BCUT2D eigenvalue weighted by Gasteiger charge is 2.06. The molecule has 15 heavy (non-hydrogen) atoms. The van der Waals surface area contributed by atoms with E-state index in [9.17, 15) is 4.79 Å². The minimum Gasteiger partial charge on any atom is -0.488 e. The number of hydrogen-bond donors (Lipinski definition) is 1. The lowest BCUT2D eigenvalue weighted by molar-refractivity contribution is -0.133. The summed E-state index contributed by atoms with van der Waals surface area (Å²) in [6.45, 7) is 5.17. The van der Waals surface area contributed by atoms with E-state index in [0.29, 0.717) is 10.8 Å². The third kappa shape index (κ3) is 3.29. The number of halogens is 1. The van der Waals surface area contributed by atoms with Crippen LogP contribution < -0.4 is 4.74 Å². The smallest absolute Gasteiger partial charge is 0.334 e. The Hall–Kier alpha value is -1.48. The fourth-order valence-corrected chi connectivity index (χ4v) is 1.23. The zero-order chi connectivity index (χ0) is 11.4. The van der Waals surface area contributed by atoms with E-state index in [1.807, 2.05) is 6.92 Å². The van der Waals surface area contributed by atoms with Crippen molar-refractivity contribution >= 4 is 17.6 Å². The lowest BCUT2D eigenvalue weighted by Gasteiger charge is -2.08. The molecule has 0 spiro atoms. The normalized spacial score (nSPS) is 9.73. The summed E-state index contributed by atoms with van der Waals surface area (Å²) in [6, 6.07) is 5.14. The first-order chi connectivity index (χ1) is 7.00. The average molecular weight is 227 g/mol. The monoisotopic (exact) mass is 226 g/mol. The van der Waals surface area contributed by atoms with Crippen LogP contribution in [-0.2, 0) is 4.79 Å². The molecule has 1 N–H and O–H groups in total. The van der Waals surface area contributed by atoms with Crippen molar-refractivity contribution < 1.29 is 14.6 Å². The van der Waals surface area contributed by atoms with Crippen LogP contribution in [0.4, 0.5) is 0 Å². The van der Waals surface area contributed by atoms with Gasteiger partial charge in [0.15, 0.2) is 0 Å². The van der Waals surface area contributed by atoms with Gasteiger partial charge in [-0.15, -0.1) is 0 Å². The lowest BCUT2D eigenvalue weighted by Crippen LogP contribution is -2.09. The molecule has 0 radical (unpaired) electrons. The van der Waals surface area contributed by atoms with Gasteiger partial charge >= 0.3 is 5.97 Å². The molecule has 0 aliphatic rings. The highest BCUT2D eigenvalue weighted by molar-refractivity contribution is 6.30. The van der Waals surface area contributed by atoms with Gasteiger partial charge in [0.1, 0.15) is 12.4 Å². The van der Waals surface area contributed by atoms with E-state index < -0.39 is 5.97 Å². The summed E-state index contributed by atoms with van der Waals surface area (Å²) in [7, 11) is 0. The quantitative estimate of drug-likeness (QED) is 0.803. The van der Waals surface area contributed by atoms with Crippen molar-refractivity contribution in [2.75, 3.05) is 6.61 Å². The van der Waals surface area contributed by atoms with Gasteiger partial charge in [0.25, 0.3) is 0 Å². The van der Waals surface area contributed by atoms with E-state index in [4.69, 9.17) is 21.4 Å². The van der Waals surface area contributed by atoms with Gasteiger partial charge in [0, 0.05) is 5.02 Å². The summed E-state index contributed by atoms with van der Waals surface area (Å²) in [4.78, 5) is 10.5. The summed E-state index contributed by atoms with van der Waals surface area (Å²) in [5, 5.41) is 9.19. The number of carbonyl (C=O) groups is 1. The summed E-state index contributed by atoms with van der Waals surface area (Å²) >= 11 is 5.76. The van der Waals surface area contributed by atoms with Crippen LogP contribution in [0.5, 0.6) is 5.75 Å². The number of hydrogen-bond acceptors (Lipinski definition) is 2. The largest absolute Gasteiger partial charge is 0.488 e. The molecule has 0 aromatic heterocycles. The van der Waals surface area contributed by atoms with E-state index in [1.165, 1.54) is 0 Å². The topological polar surface area (TPSA) is 46.5 Å². The van der Waals surface area contributed by atoms with Crippen molar-refractivity contribution in [3.05, 3.63) is 40.9 Å². The molecule has 0 saturated heterocycles.